The maximum atomic E-state index is 4.57. The summed E-state index contributed by atoms with van der Waals surface area (Å²) in [5.74, 6) is 3.46. The Morgan fingerprint density at radius 1 is 1.08 bits per heavy atom. The van der Waals surface area contributed by atoms with E-state index in [1.165, 1.54) is 12.0 Å². The molecular weight excluding hydrogens is 310 g/mol. The second kappa shape index (κ2) is 6.13. The van der Waals surface area contributed by atoms with Crippen LogP contribution in [0.1, 0.15) is 37.6 Å². The zero-order chi connectivity index (χ0) is 17.6. The highest BCUT2D eigenvalue weighted by atomic mass is 15.4. The summed E-state index contributed by atoms with van der Waals surface area (Å²) < 4.78 is 2.23. The van der Waals surface area contributed by atoms with E-state index in [2.05, 4.69) is 82.8 Å². The molecule has 0 N–H and O–H groups in total. The number of aromatic nitrogens is 3. The molecule has 1 aliphatic heterocycles. The van der Waals surface area contributed by atoms with Gasteiger partial charge in [0.15, 0.2) is 0 Å². The van der Waals surface area contributed by atoms with Gasteiger partial charge in [-0.1, -0.05) is 30.3 Å². The SMILES string of the molecule is CN1CCN(c2nnc([C@@H]3C[C@H]3Cc3ccccc3)n2C)CC1(C)C. The fourth-order valence-corrected chi connectivity index (χ4v) is 4.05. The molecule has 1 aliphatic carbocycles. The first kappa shape index (κ1) is 16.6. The Hall–Kier alpha value is -1.88. The average Bonchev–Trinajstić information content (AvgIpc) is 3.23. The van der Waals surface area contributed by atoms with Gasteiger partial charge in [0, 0.05) is 38.1 Å². The number of rotatable bonds is 4. The molecule has 0 bridgehead atoms. The molecule has 0 spiro atoms. The smallest absolute Gasteiger partial charge is 0.227 e. The Morgan fingerprint density at radius 3 is 2.56 bits per heavy atom. The Kier molecular flexibility index (Phi) is 4.07. The number of piperazine rings is 1. The second-order valence-corrected chi connectivity index (χ2v) is 8.36. The maximum absolute atomic E-state index is 4.57. The third kappa shape index (κ3) is 3.17. The van der Waals surface area contributed by atoms with Crippen molar-refractivity contribution in [2.24, 2.45) is 13.0 Å². The van der Waals surface area contributed by atoms with E-state index in [1.807, 2.05) is 0 Å². The monoisotopic (exact) mass is 339 g/mol. The Labute approximate surface area is 150 Å². The van der Waals surface area contributed by atoms with Gasteiger partial charge in [-0.2, -0.15) is 0 Å². The van der Waals surface area contributed by atoms with Crippen LogP contribution in [0.5, 0.6) is 0 Å². The van der Waals surface area contributed by atoms with Crippen LogP contribution in [-0.2, 0) is 13.5 Å². The van der Waals surface area contributed by atoms with Crippen molar-refractivity contribution in [1.82, 2.24) is 19.7 Å². The van der Waals surface area contributed by atoms with Gasteiger partial charge in [-0.05, 0) is 45.2 Å². The van der Waals surface area contributed by atoms with Crippen LogP contribution in [0, 0.1) is 5.92 Å². The molecule has 0 unspecified atom stereocenters. The predicted molar refractivity (Wildman–Crippen MR) is 101 cm³/mol. The highest BCUT2D eigenvalue weighted by Gasteiger charge is 2.42. The normalized spacial score (nSPS) is 26.0. The van der Waals surface area contributed by atoms with Crippen molar-refractivity contribution in [2.45, 2.75) is 38.1 Å². The van der Waals surface area contributed by atoms with Crippen LogP contribution in [-0.4, -0.2) is 51.9 Å². The average molecular weight is 339 g/mol. The van der Waals surface area contributed by atoms with Gasteiger partial charge < -0.3 is 9.47 Å². The summed E-state index contributed by atoms with van der Waals surface area (Å²) >= 11 is 0. The second-order valence-electron chi connectivity index (χ2n) is 8.36. The molecule has 1 saturated heterocycles. The Morgan fingerprint density at radius 2 is 1.84 bits per heavy atom. The predicted octanol–water partition coefficient (Wildman–Crippen LogP) is 2.69. The fraction of sp³-hybridized carbons (Fsp3) is 0.600. The molecule has 5 nitrogen and oxygen atoms in total. The molecule has 5 heteroatoms. The van der Waals surface area contributed by atoms with Crippen LogP contribution in [0.25, 0.3) is 0 Å². The standard InChI is InChI=1S/C20H29N5/c1-20(2)14-25(11-10-23(20)3)19-22-21-18(24(19)4)17-13-16(17)12-15-8-6-5-7-9-15/h5-9,16-17H,10-14H2,1-4H3/t16-,17-/m1/s1. The number of benzene rings is 1. The van der Waals surface area contributed by atoms with Gasteiger partial charge in [0.1, 0.15) is 5.82 Å². The summed E-state index contributed by atoms with van der Waals surface area (Å²) in [6, 6.07) is 10.8. The van der Waals surface area contributed by atoms with Crippen molar-refractivity contribution in [3.63, 3.8) is 0 Å². The van der Waals surface area contributed by atoms with E-state index in [9.17, 15) is 0 Å². The molecule has 25 heavy (non-hydrogen) atoms. The number of likely N-dealkylation sites (N-methyl/N-ethyl adjacent to an activating group) is 1. The third-order valence-corrected chi connectivity index (χ3v) is 6.08. The molecule has 0 amide bonds. The summed E-state index contributed by atoms with van der Waals surface area (Å²) in [7, 11) is 4.34. The summed E-state index contributed by atoms with van der Waals surface area (Å²) in [4.78, 5) is 4.82. The third-order valence-electron chi connectivity index (χ3n) is 6.08. The van der Waals surface area contributed by atoms with Gasteiger partial charge >= 0.3 is 0 Å². The first-order valence-corrected chi connectivity index (χ1v) is 9.35. The number of hydrogen-bond acceptors (Lipinski definition) is 4. The lowest BCUT2D eigenvalue weighted by atomic mass is 10.0. The van der Waals surface area contributed by atoms with Crippen LogP contribution >= 0.6 is 0 Å². The molecule has 1 aromatic heterocycles. The molecule has 0 radical (unpaired) electrons. The largest absolute Gasteiger partial charge is 0.338 e. The van der Waals surface area contributed by atoms with Crippen LogP contribution in [0.4, 0.5) is 5.95 Å². The summed E-state index contributed by atoms with van der Waals surface area (Å²) in [6.07, 6.45) is 2.38. The lowest BCUT2D eigenvalue weighted by Gasteiger charge is -2.45. The van der Waals surface area contributed by atoms with Crippen LogP contribution in [0.3, 0.4) is 0 Å². The van der Waals surface area contributed by atoms with Gasteiger partial charge in [0.25, 0.3) is 0 Å². The fourth-order valence-electron chi connectivity index (χ4n) is 4.05. The van der Waals surface area contributed by atoms with E-state index < -0.39 is 0 Å². The quantitative estimate of drug-likeness (QED) is 0.858. The lowest BCUT2D eigenvalue weighted by Crippen LogP contribution is -2.58. The van der Waals surface area contributed by atoms with Gasteiger partial charge in [-0.3, -0.25) is 4.90 Å². The Bertz CT molecular complexity index is 736. The minimum Gasteiger partial charge on any atom is -0.338 e. The molecule has 134 valence electrons. The highest BCUT2D eigenvalue weighted by molar-refractivity contribution is 5.35. The first-order valence-electron chi connectivity index (χ1n) is 9.35. The zero-order valence-electron chi connectivity index (χ0n) is 15.8. The molecule has 4 rings (SSSR count). The Balaban J connectivity index is 1.46. The minimum absolute atomic E-state index is 0.166. The number of anilines is 1. The number of hydrogen-bond donors (Lipinski definition) is 0. The molecule has 2 aliphatic rings. The maximum Gasteiger partial charge on any atom is 0.227 e. The molecule has 2 atom stereocenters. The van der Waals surface area contributed by atoms with E-state index in [1.54, 1.807) is 0 Å². The first-order chi connectivity index (χ1) is 12.0. The van der Waals surface area contributed by atoms with Gasteiger partial charge in [0.2, 0.25) is 5.95 Å². The molecule has 1 saturated carbocycles. The van der Waals surface area contributed by atoms with Crippen LogP contribution in [0.2, 0.25) is 0 Å². The molecule has 2 aromatic rings. The van der Waals surface area contributed by atoms with Gasteiger partial charge in [-0.15, -0.1) is 10.2 Å². The minimum atomic E-state index is 0.166. The number of nitrogens with zero attached hydrogens (tertiary/aromatic N) is 5. The summed E-state index contributed by atoms with van der Waals surface area (Å²) in [5, 5.41) is 9.12. The summed E-state index contributed by atoms with van der Waals surface area (Å²) in [6.45, 7) is 7.67. The molecular formula is C20H29N5. The van der Waals surface area contributed by atoms with E-state index in [4.69, 9.17) is 0 Å². The van der Waals surface area contributed by atoms with Crippen molar-refractivity contribution in [1.29, 1.82) is 0 Å². The van der Waals surface area contributed by atoms with E-state index in [-0.39, 0.29) is 5.54 Å². The van der Waals surface area contributed by atoms with Crippen LogP contribution < -0.4 is 4.90 Å². The van der Waals surface area contributed by atoms with E-state index in [0.717, 1.165) is 37.8 Å². The molecule has 1 aromatic carbocycles. The van der Waals surface area contributed by atoms with Gasteiger partial charge in [0.05, 0.1) is 0 Å². The molecule has 2 heterocycles. The van der Waals surface area contributed by atoms with Gasteiger partial charge in [-0.25, -0.2) is 0 Å². The summed E-state index contributed by atoms with van der Waals surface area (Å²) in [5.41, 5.74) is 1.60. The van der Waals surface area contributed by atoms with Crippen molar-refractivity contribution in [3.8, 4) is 0 Å². The van der Waals surface area contributed by atoms with Crippen molar-refractivity contribution in [3.05, 3.63) is 41.7 Å². The van der Waals surface area contributed by atoms with Crippen molar-refractivity contribution < 1.29 is 0 Å². The van der Waals surface area contributed by atoms with Crippen LogP contribution in [0.15, 0.2) is 30.3 Å². The highest BCUT2D eigenvalue weighted by Crippen LogP contribution is 2.48. The van der Waals surface area contributed by atoms with Crippen molar-refractivity contribution >= 4 is 5.95 Å². The van der Waals surface area contributed by atoms with E-state index in [0.29, 0.717) is 11.8 Å². The lowest BCUT2D eigenvalue weighted by molar-refractivity contribution is 0.137. The molecule has 2 fully saturated rings. The van der Waals surface area contributed by atoms with Crippen molar-refractivity contribution in [2.75, 3.05) is 31.6 Å². The zero-order valence-corrected chi connectivity index (χ0v) is 15.8. The topological polar surface area (TPSA) is 37.2 Å². The van der Waals surface area contributed by atoms with E-state index >= 15 is 0 Å².